The second-order valence-corrected chi connectivity index (χ2v) is 5.78. The lowest BCUT2D eigenvalue weighted by Crippen LogP contribution is -2.31. The van der Waals surface area contributed by atoms with Crippen molar-refractivity contribution in [3.05, 3.63) is 39.6 Å². The highest BCUT2D eigenvalue weighted by molar-refractivity contribution is 8.00. The molecule has 1 aromatic carbocycles. The lowest BCUT2D eigenvalue weighted by molar-refractivity contribution is 0.0518. The second kappa shape index (κ2) is 5.35. The van der Waals surface area contributed by atoms with Gasteiger partial charge in [-0.1, -0.05) is 11.8 Å². The molecule has 1 atom stereocenters. The molecule has 8 heteroatoms. The van der Waals surface area contributed by atoms with Gasteiger partial charge in [-0.15, -0.1) is 0 Å². The summed E-state index contributed by atoms with van der Waals surface area (Å²) < 4.78 is 46.0. The average molecular weight is 329 g/mol. The van der Waals surface area contributed by atoms with Crippen molar-refractivity contribution in [3.63, 3.8) is 0 Å². The van der Waals surface area contributed by atoms with Gasteiger partial charge in [0.25, 0.3) is 0 Å². The van der Waals surface area contributed by atoms with E-state index < -0.39 is 35.1 Å². The van der Waals surface area contributed by atoms with E-state index in [1.54, 1.807) is 6.92 Å². The van der Waals surface area contributed by atoms with Crippen molar-refractivity contribution in [2.45, 2.75) is 17.3 Å². The number of thioether (sulfide) groups is 1. The van der Waals surface area contributed by atoms with Crippen molar-refractivity contribution in [3.8, 4) is 0 Å². The van der Waals surface area contributed by atoms with Gasteiger partial charge < -0.3 is 9.30 Å². The number of benzene rings is 1. The molecule has 0 saturated carbocycles. The Morgan fingerprint density at radius 3 is 2.68 bits per heavy atom. The van der Waals surface area contributed by atoms with E-state index in [1.807, 2.05) is 0 Å². The van der Waals surface area contributed by atoms with Crippen LogP contribution in [0.2, 0.25) is 0 Å². The average Bonchev–Trinajstić information content (AvgIpc) is 2.44. The van der Waals surface area contributed by atoms with Crippen LogP contribution in [0, 0.1) is 11.6 Å². The predicted octanol–water partition coefficient (Wildman–Crippen LogP) is 3.03. The number of fused-ring (bicyclic) bond motifs is 3. The first-order valence-electron chi connectivity index (χ1n) is 6.46. The van der Waals surface area contributed by atoms with Crippen LogP contribution in [0.4, 0.5) is 13.2 Å². The minimum absolute atomic E-state index is 0.0603. The highest BCUT2D eigenvalue weighted by Gasteiger charge is 2.36. The van der Waals surface area contributed by atoms with Gasteiger partial charge in [-0.2, -0.15) is 0 Å². The van der Waals surface area contributed by atoms with Gasteiger partial charge in [-0.3, -0.25) is 4.79 Å². The molecule has 0 fully saturated rings. The van der Waals surface area contributed by atoms with Crippen molar-refractivity contribution < 1.29 is 22.7 Å². The quantitative estimate of drug-likeness (QED) is 0.812. The summed E-state index contributed by atoms with van der Waals surface area (Å²) in [6, 6.07) is 1.56. The Labute approximate surface area is 126 Å². The highest BCUT2D eigenvalue weighted by Crippen LogP contribution is 2.46. The lowest BCUT2D eigenvalue weighted by Gasteiger charge is -2.33. The first kappa shape index (κ1) is 15.0. The van der Waals surface area contributed by atoms with Gasteiger partial charge in [0.15, 0.2) is 11.6 Å². The van der Waals surface area contributed by atoms with Crippen LogP contribution in [-0.4, -0.2) is 23.8 Å². The summed E-state index contributed by atoms with van der Waals surface area (Å²) in [5.41, 5.74) is -0.952. The molecule has 0 radical (unpaired) electrons. The van der Waals surface area contributed by atoms with E-state index in [4.69, 9.17) is 4.74 Å². The molecule has 0 amide bonds. The Bertz CT molecular complexity index is 850. The van der Waals surface area contributed by atoms with Gasteiger partial charge in [-0.25, -0.2) is 18.0 Å². The van der Waals surface area contributed by atoms with Crippen LogP contribution in [0.5, 0.6) is 0 Å². The molecular weight excluding hydrogens is 319 g/mol. The van der Waals surface area contributed by atoms with Gasteiger partial charge in [0.1, 0.15) is 17.6 Å². The van der Waals surface area contributed by atoms with Crippen molar-refractivity contribution >= 4 is 28.6 Å². The molecule has 1 aliphatic rings. The van der Waals surface area contributed by atoms with Gasteiger partial charge in [-0.05, 0) is 13.0 Å². The Balaban J connectivity index is 2.38. The number of esters is 1. The van der Waals surface area contributed by atoms with E-state index in [2.05, 4.69) is 0 Å². The number of carbonyl (C=O) groups is 1. The largest absolute Gasteiger partial charge is 0.462 e. The topological polar surface area (TPSA) is 48.3 Å². The van der Waals surface area contributed by atoms with Crippen molar-refractivity contribution in [2.24, 2.45) is 0 Å². The number of carbonyl (C=O) groups excluding carboxylic acids is 1. The van der Waals surface area contributed by atoms with Crippen LogP contribution >= 0.6 is 11.8 Å². The minimum Gasteiger partial charge on any atom is -0.462 e. The Kier molecular flexibility index (Phi) is 3.64. The zero-order valence-electron chi connectivity index (χ0n) is 11.4. The van der Waals surface area contributed by atoms with E-state index in [1.165, 1.54) is 4.57 Å². The monoisotopic (exact) mass is 329 g/mol. The summed E-state index contributed by atoms with van der Waals surface area (Å²) >= 11 is 0.990. The number of aromatic nitrogens is 1. The number of ether oxygens (including phenoxy) is 1. The fourth-order valence-electron chi connectivity index (χ4n) is 2.40. The fraction of sp³-hybridized carbons (Fsp3) is 0.286. The SMILES string of the molecule is CCOC(=O)c1c2n(c3cc(F)c(F)cc3c1=O)[C@@H](CF)S2. The Hall–Kier alpha value is -1.96. The zero-order chi connectivity index (χ0) is 16.0. The minimum atomic E-state index is -1.20. The van der Waals surface area contributed by atoms with Crippen molar-refractivity contribution in [1.29, 1.82) is 0 Å². The molecule has 2 aromatic rings. The summed E-state index contributed by atoms with van der Waals surface area (Å²) in [5.74, 6) is -3.20. The lowest BCUT2D eigenvalue weighted by atomic mass is 10.1. The first-order valence-corrected chi connectivity index (χ1v) is 7.34. The number of pyridine rings is 1. The second-order valence-electron chi connectivity index (χ2n) is 4.61. The number of alkyl halides is 1. The number of hydrogen-bond acceptors (Lipinski definition) is 4. The van der Waals surface area contributed by atoms with Gasteiger partial charge in [0.2, 0.25) is 5.43 Å². The normalized spacial score (nSPS) is 16.3. The molecule has 116 valence electrons. The molecule has 0 spiro atoms. The molecule has 0 N–H and O–H groups in total. The summed E-state index contributed by atoms with van der Waals surface area (Å²) in [4.78, 5) is 24.4. The third-order valence-corrected chi connectivity index (χ3v) is 4.58. The molecule has 2 heterocycles. The number of nitrogens with zero attached hydrogens (tertiary/aromatic N) is 1. The molecule has 0 unspecified atom stereocenters. The third kappa shape index (κ3) is 2.01. The van der Waals surface area contributed by atoms with Gasteiger partial charge >= 0.3 is 5.97 Å². The summed E-state index contributed by atoms with van der Waals surface area (Å²) in [6.45, 7) is 0.872. The van der Waals surface area contributed by atoms with E-state index in [0.717, 1.165) is 23.9 Å². The van der Waals surface area contributed by atoms with Crippen LogP contribution in [0.3, 0.4) is 0 Å². The number of rotatable bonds is 3. The van der Waals surface area contributed by atoms with E-state index in [0.29, 0.717) is 0 Å². The fourth-order valence-corrected chi connectivity index (χ4v) is 3.51. The standard InChI is InChI=1S/C14H10F3NO3S/c1-2-21-14(20)11-12(19)6-3-7(16)8(17)4-9(6)18-10(5-15)22-13(11)18/h3-4,10H,2,5H2,1H3/t10-/m1/s1. The molecular formula is C14H10F3NO3S. The van der Waals surface area contributed by atoms with E-state index >= 15 is 0 Å². The van der Waals surface area contributed by atoms with Crippen LogP contribution < -0.4 is 5.43 Å². The van der Waals surface area contributed by atoms with Gasteiger partial charge in [0, 0.05) is 11.5 Å². The van der Waals surface area contributed by atoms with Crippen molar-refractivity contribution in [1.82, 2.24) is 4.57 Å². The molecule has 3 rings (SSSR count). The highest BCUT2D eigenvalue weighted by atomic mass is 32.2. The van der Waals surface area contributed by atoms with E-state index in [-0.39, 0.29) is 28.1 Å². The Morgan fingerprint density at radius 2 is 2.05 bits per heavy atom. The molecule has 0 aliphatic carbocycles. The Morgan fingerprint density at radius 1 is 1.36 bits per heavy atom. The van der Waals surface area contributed by atoms with Crippen LogP contribution in [0.1, 0.15) is 22.7 Å². The molecule has 22 heavy (non-hydrogen) atoms. The smallest absolute Gasteiger partial charge is 0.344 e. The maximum absolute atomic E-state index is 13.4. The maximum atomic E-state index is 13.4. The van der Waals surface area contributed by atoms with Crippen molar-refractivity contribution in [2.75, 3.05) is 13.3 Å². The zero-order valence-corrected chi connectivity index (χ0v) is 12.2. The molecule has 0 saturated heterocycles. The van der Waals surface area contributed by atoms with Crippen LogP contribution in [-0.2, 0) is 4.74 Å². The van der Waals surface area contributed by atoms with Crippen LogP contribution in [0.15, 0.2) is 22.0 Å². The van der Waals surface area contributed by atoms with Gasteiger partial charge in [0.05, 0.1) is 17.1 Å². The van der Waals surface area contributed by atoms with E-state index in [9.17, 15) is 22.8 Å². The predicted molar refractivity (Wildman–Crippen MR) is 74.9 cm³/mol. The van der Waals surface area contributed by atoms with Crippen LogP contribution in [0.25, 0.3) is 10.9 Å². The summed E-state index contributed by atoms with van der Waals surface area (Å²) in [7, 11) is 0. The molecule has 4 nitrogen and oxygen atoms in total. The third-order valence-electron chi connectivity index (χ3n) is 3.35. The number of halogens is 3. The first-order chi connectivity index (χ1) is 10.5. The number of hydrogen-bond donors (Lipinski definition) is 0. The summed E-state index contributed by atoms with van der Waals surface area (Å²) in [5, 5.41) is -0.648. The maximum Gasteiger partial charge on any atom is 0.344 e. The molecule has 0 bridgehead atoms. The summed E-state index contributed by atoms with van der Waals surface area (Å²) in [6.07, 6.45) is 0. The molecule has 1 aromatic heterocycles. The molecule has 1 aliphatic heterocycles.